The average Bonchev–Trinajstić information content (AvgIpc) is 2.82. The average molecular weight is 318 g/mol. The minimum atomic E-state index is -1.02. The molecule has 3 nitrogen and oxygen atoms in total. The fourth-order valence-corrected chi connectivity index (χ4v) is 5.38. The zero-order valence-corrected chi connectivity index (χ0v) is 14.9. The van der Waals surface area contributed by atoms with Crippen molar-refractivity contribution in [3.8, 4) is 0 Å². The van der Waals surface area contributed by atoms with E-state index in [4.69, 9.17) is 4.74 Å². The summed E-state index contributed by atoms with van der Waals surface area (Å²) in [6.07, 6.45) is 9.63. The first-order chi connectivity index (χ1) is 10.8. The predicted octanol–water partition coefficient (Wildman–Crippen LogP) is 4.37. The second-order valence-corrected chi connectivity index (χ2v) is 8.39. The molecule has 3 rings (SSSR count). The lowest BCUT2D eigenvalue weighted by Crippen LogP contribution is -2.49. The largest absolute Gasteiger partial charge is 0.429 e. The zero-order chi connectivity index (χ0) is 16.8. The molecule has 1 fully saturated rings. The normalized spacial score (nSPS) is 43.5. The molecule has 0 spiro atoms. The highest BCUT2D eigenvalue weighted by Gasteiger charge is 2.53. The maximum Gasteiger partial charge on any atom is 0.333 e. The van der Waals surface area contributed by atoms with Crippen molar-refractivity contribution in [2.24, 2.45) is 22.7 Å². The van der Waals surface area contributed by atoms with E-state index in [9.17, 15) is 9.90 Å². The van der Waals surface area contributed by atoms with E-state index in [1.54, 1.807) is 5.57 Å². The molecule has 1 aliphatic heterocycles. The van der Waals surface area contributed by atoms with E-state index >= 15 is 0 Å². The van der Waals surface area contributed by atoms with Crippen molar-refractivity contribution in [1.29, 1.82) is 0 Å². The monoisotopic (exact) mass is 318 g/mol. The molecule has 2 aliphatic carbocycles. The SMILES string of the molecule is CC1=CCC[C@@H]2C(C)(CCC3=CC(=O)O[C@H]3O)[C@H](C)CC[C@@]12C. The van der Waals surface area contributed by atoms with E-state index in [0.29, 0.717) is 17.3 Å². The van der Waals surface area contributed by atoms with Gasteiger partial charge in [0.1, 0.15) is 0 Å². The lowest BCUT2D eigenvalue weighted by molar-refractivity contribution is -0.151. The summed E-state index contributed by atoms with van der Waals surface area (Å²) in [5, 5.41) is 9.84. The first kappa shape index (κ1) is 16.8. The van der Waals surface area contributed by atoms with Gasteiger partial charge >= 0.3 is 5.97 Å². The molecule has 3 heteroatoms. The van der Waals surface area contributed by atoms with Crippen LogP contribution in [0.1, 0.15) is 66.2 Å². The molecule has 0 amide bonds. The Balaban J connectivity index is 1.82. The number of cyclic esters (lactones) is 1. The van der Waals surface area contributed by atoms with Crippen molar-refractivity contribution in [3.05, 3.63) is 23.3 Å². The minimum absolute atomic E-state index is 0.245. The van der Waals surface area contributed by atoms with Crippen molar-refractivity contribution in [1.82, 2.24) is 0 Å². The number of aliphatic hydroxyl groups excluding tert-OH is 1. The first-order valence-corrected chi connectivity index (χ1v) is 9.04. The molecule has 1 N–H and O–H groups in total. The van der Waals surface area contributed by atoms with Crippen LogP contribution in [0.15, 0.2) is 23.3 Å². The number of fused-ring (bicyclic) bond motifs is 1. The summed E-state index contributed by atoms with van der Waals surface area (Å²) in [6, 6.07) is 0. The van der Waals surface area contributed by atoms with Crippen molar-refractivity contribution < 1.29 is 14.6 Å². The van der Waals surface area contributed by atoms with Gasteiger partial charge in [0.25, 0.3) is 0 Å². The second-order valence-electron chi connectivity index (χ2n) is 8.39. The standard InChI is InChI=1S/C20H30O3/c1-13-6-5-7-16-19(13,3)10-8-14(2)20(16,4)11-9-15-12-17(21)23-18(15)22/h6,12,14,16,18,22H,5,7-11H2,1-4H3/t14-,16+,18-,19+,20?/m1/s1. The minimum Gasteiger partial charge on any atom is -0.429 e. The first-order valence-electron chi connectivity index (χ1n) is 9.04. The topological polar surface area (TPSA) is 46.5 Å². The molecule has 1 heterocycles. The van der Waals surface area contributed by atoms with Crippen LogP contribution >= 0.6 is 0 Å². The van der Waals surface area contributed by atoms with E-state index in [1.807, 2.05) is 0 Å². The van der Waals surface area contributed by atoms with Gasteiger partial charge in [-0.3, -0.25) is 0 Å². The third kappa shape index (κ3) is 2.67. The molecule has 5 atom stereocenters. The summed E-state index contributed by atoms with van der Waals surface area (Å²) in [7, 11) is 0. The lowest BCUT2D eigenvalue weighted by atomic mass is 9.47. The van der Waals surface area contributed by atoms with Crippen molar-refractivity contribution >= 4 is 5.97 Å². The highest BCUT2D eigenvalue weighted by molar-refractivity contribution is 5.85. The number of carbonyl (C=O) groups is 1. The summed E-state index contributed by atoms with van der Waals surface area (Å²) < 4.78 is 4.83. The van der Waals surface area contributed by atoms with Crippen molar-refractivity contribution in [2.45, 2.75) is 72.5 Å². The van der Waals surface area contributed by atoms with Crippen LogP contribution in [0.2, 0.25) is 0 Å². The number of esters is 1. The number of ether oxygens (including phenoxy) is 1. The van der Waals surface area contributed by atoms with Crippen LogP contribution in [0.4, 0.5) is 0 Å². The smallest absolute Gasteiger partial charge is 0.333 e. The molecular formula is C20H30O3. The van der Waals surface area contributed by atoms with Crippen LogP contribution in [-0.2, 0) is 9.53 Å². The molecular weight excluding hydrogens is 288 g/mol. The molecule has 0 aromatic rings. The molecule has 3 aliphatic rings. The molecule has 1 saturated carbocycles. The van der Waals surface area contributed by atoms with E-state index in [2.05, 4.69) is 33.8 Å². The van der Waals surface area contributed by atoms with Crippen LogP contribution in [0.5, 0.6) is 0 Å². The van der Waals surface area contributed by atoms with Crippen molar-refractivity contribution in [2.75, 3.05) is 0 Å². The third-order valence-electron chi connectivity index (χ3n) is 7.39. The van der Waals surface area contributed by atoms with Crippen LogP contribution in [0, 0.1) is 22.7 Å². The number of hydrogen-bond donors (Lipinski definition) is 1. The molecule has 0 radical (unpaired) electrons. The Morgan fingerprint density at radius 1 is 1.35 bits per heavy atom. The Morgan fingerprint density at radius 3 is 2.74 bits per heavy atom. The van der Waals surface area contributed by atoms with E-state index < -0.39 is 12.3 Å². The van der Waals surface area contributed by atoms with Gasteiger partial charge < -0.3 is 9.84 Å². The summed E-state index contributed by atoms with van der Waals surface area (Å²) in [5.74, 6) is 0.942. The number of rotatable bonds is 3. The van der Waals surface area contributed by atoms with Crippen LogP contribution in [-0.4, -0.2) is 17.4 Å². The maximum atomic E-state index is 11.3. The van der Waals surface area contributed by atoms with Gasteiger partial charge in [0.15, 0.2) is 0 Å². The third-order valence-corrected chi connectivity index (χ3v) is 7.39. The summed E-state index contributed by atoms with van der Waals surface area (Å²) in [5.41, 5.74) is 2.87. The van der Waals surface area contributed by atoms with E-state index in [1.165, 1.54) is 31.8 Å². The second kappa shape index (κ2) is 5.77. The van der Waals surface area contributed by atoms with E-state index in [-0.39, 0.29) is 5.41 Å². The molecule has 0 aromatic carbocycles. The lowest BCUT2D eigenvalue weighted by Gasteiger charge is -2.58. The van der Waals surface area contributed by atoms with E-state index in [0.717, 1.165) is 18.4 Å². The van der Waals surface area contributed by atoms with Gasteiger partial charge in [0.05, 0.1) is 0 Å². The zero-order valence-electron chi connectivity index (χ0n) is 14.9. The fourth-order valence-electron chi connectivity index (χ4n) is 5.38. The number of aliphatic hydroxyl groups is 1. The van der Waals surface area contributed by atoms with Gasteiger partial charge in [-0.25, -0.2) is 4.79 Å². The number of carbonyl (C=O) groups excluding carboxylic acids is 1. The van der Waals surface area contributed by atoms with Crippen LogP contribution in [0.3, 0.4) is 0 Å². The van der Waals surface area contributed by atoms with Gasteiger partial charge in [-0.05, 0) is 68.1 Å². The van der Waals surface area contributed by atoms with Crippen molar-refractivity contribution in [3.63, 3.8) is 0 Å². The highest BCUT2D eigenvalue weighted by Crippen LogP contribution is 2.61. The molecule has 128 valence electrons. The van der Waals surface area contributed by atoms with Crippen LogP contribution < -0.4 is 0 Å². The molecule has 23 heavy (non-hydrogen) atoms. The quantitative estimate of drug-likeness (QED) is 0.621. The maximum absolute atomic E-state index is 11.3. The van der Waals surface area contributed by atoms with Crippen LogP contribution in [0.25, 0.3) is 0 Å². The van der Waals surface area contributed by atoms with Gasteiger partial charge in [-0.1, -0.05) is 32.4 Å². The summed E-state index contributed by atoms with van der Waals surface area (Å²) in [6.45, 7) is 9.57. The van der Waals surface area contributed by atoms with Gasteiger partial charge in [0.2, 0.25) is 6.29 Å². The Bertz CT molecular complexity index is 561. The molecule has 1 unspecified atom stereocenters. The summed E-state index contributed by atoms with van der Waals surface area (Å²) in [4.78, 5) is 11.3. The predicted molar refractivity (Wildman–Crippen MR) is 90.5 cm³/mol. The Labute approximate surface area is 139 Å². The molecule has 0 bridgehead atoms. The number of hydrogen-bond acceptors (Lipinski definition) is 3. The van der Waals surface area contributed by atoms with Gasteiger partial charge in [-0.2, -0.15) is 0 Å². The summed E-state index contributed by atoms with van der Waals surface area (Å²) >= 11 is 0. The highest BCUT2D eigenvalue weighted by atomic mass is 16.6. The van der Waals surface area contributed by atoms with Gasteiger partial charge in [0, 0.05) is 11.6 Å². The Morgan fingerprint density at radius 2 is 2.09 bits per heavy atom. The fraction of sp³-hybridized carbons (Fsp3) is 0.750. The number of allylic oxidation sites excluding steroid dienone is 2. The van der Waals surface area contributed by atoms with Gasteiger partial charge in [-0.15, -0.1) is 0 Å². The Kier molecular flexibility index (Phi) is 4.20. The molecule has 0 saturated heterocycles. The Hall–Kier alpha value is -1.09. The molecule has 0 aromatic heterocycles.